The van der Waals surface area contributed by atoms with E-state index in [-0.39, 0.29) is 6.71 Å². The molecular formula is C43H29BN3O+. The largest absolute Gasteiger partial charge is 0.453 e. The molecule has 3 aromatic heterocycles. The van der Waals surface area contributed by atoms with Crippen molar-refractivity contribution in [3.05, 3.63) is 145 Å². The van der Waals surface area contributed by atoms with Gasteiger partial charge in [0.2, 0.25) is 5.69 Å². The van der Waals surface area contributed by atoms with Gasteiger partial charge in [-0.2, -0.15) is 0 Å². The molecule has 0 fully saturated rings. The summed E-state index contributed by atoms with van der Waals surface area (Å²) in [7, 11) is 2.10. The molecule has 0 radical (unpaired) electrons. The first-order valence-corrected chi connectivity index (χ1v) is 16.6. The fraction of sp³-hybridized carbons (Fsp3) is 0.0465. The summed E-state index contributed by atoms with van der Waals surface area (Å²) in [5, 5.41) is 4.85. The monoisotopic (exact) mass is 614 g/mol. The predicted molar refractivity (Wildman–Crippen MR) is 199 cm³/mol. The van der Waals surface area contributed by atoms with Crippen molar-refractivity contribution in [3.8, 4) is 16.9 Å². The SMILES string of the molecule is Cc1ccc2c(oc3c4c(ccc32)B2c3c(cccc3-n3c5ccccc5c5cccc2c53)N4c2ccccc2)c1-c1cccc[n+]1C. The van der Waals surface area contributed by atoms with Crippen molar-refractivity contribution < 1.29 is 8.98 Å². The molecule has 0 unspecified atom stereocenters. The normalized spacial score (nSPS) is 13.1. The van der Waals surface area contributed by atoms with Gasteiger partial charge >= 0.3 is 0 Å². The Morgan fingerprint density at radius 2 is 1.35 bits per heavy atom. The van der Waals surface area contributed by atoms with Crippen molar-refractivity contribution in [2.75, 3.05) is 4.90 Å². The number of rotatable bonds is 2. The van der Waals surface area contributed by atoms with E-state index in [1.165, 1.54) is 55.1 Å². The number of aryl methyl sites for hydroxylation is 2. The molecule has 4 nitrogen and oxygen atoms in total. The number of hydrogen-bond acceptors (Lipinski definition) is 2. The maximum Gasteiger partial charge on any atom is 0.252 e. The van der Waals surface area contributed by atoms with Gasteiger partial charge in [-0.3, -0.25) is 0 Å². The first-order chi connectivity index (χ1) is 23.7. The van der Waals surface area contributed by atoms with Crippen molar-refractivity contribution in [1.29, 1.82) is 0 Å². The van der Waals surface area contributed by atoms with Crippen LogP contribution in [0.2, 0.25) is 0 Å². The van der Waals surface area contributed by atoms with Crippen molar-refractivity contribution in [2.24, 2.45) is 7.05 Å². The molecule has 2 aliphatic heterocycles. The van der Waals surface area contributed by atoms with E-state index in [2.05, 4.69) is 168 Å². The lowest BCUT2D eigenvalue weighted by atomic mass is 9.33. The average Bonchev–Trinajstić information content (AvgIpc) is 3.67. The molecule has 5 heteroatoms. The molecule has 224 valence electrons. The van der Waals surface area contributed by atoms with Crippen LogP contribution in [-0.4, -0.2) is 11.3 Å². The minimum absolute atomic E-state index is 0.0532. The molecule has 6 aromatic carbocycles. The van der Waals surface area contributed by atoms with Crippen LogP contribution in [0.1, 0.15) is 5.56 Å². The van der Waals surface area contributed by atoms with Gasteiger partial charge in [0.05, 0.1) is 16.8 Å². The van der Waals surface area contributed by atoms with Crippen molar-refractivity contribution in [3.63, 3.8) is 0 Å². The molecule has 0 N–H and O–H groups in total. The molecule has 9 aromatic rings. The van der Waals surface area contributed by atoms with Crippen LogP contribution in [0.15, 0.2) is 144 Å². The standard InChI is InChI=1S/C43H29BN3O/c1-26-21-22-30-31-23-24-33-41(43(31)48-42(30)38(26)35-18-8-9-25-45(35)2)46(27-12-4-3-5-13-27)36-19-11-20-37-39(36)44(33)32-16-10-15-29-28-14-6-7-17-34(28)47(37)40(29)32/h3-25H,1-2H3/q+1. The number of benzene rings is 6. The number of pyridine rings is 1. The smallest absolute Gasteiger partial charge is 0.252 e. The van der Waals surface area contributed by atoms with Crippen LogP contribution >= 0.6 is 0 Å². The average molecular weight is 615 g/mol. The van der Waals surface area contributed by atoms with E-state index < -0.39 is 0 Å². The van der Waals surface area contributed by atoms with Gasteiger partial charge in [-0.1, -0.05) is 84.9 Å². The first-order valence-electron chi connectivity index (χ1n) is 16.6. The summed E-state index contributed by atoms with van der Waals surface area (Å²) in [5.41, 5.74) is 16.5. The van der Waals surface area contributed by atoms with Gasteiger partial charge in [-0.05, 0) is 65.3 Å². The Hall–Kier alpha value is -6.07. The number of anilines is 3. The number of fused-ring (bicyclic) bond motifs is 11. The Labute approximate surface area is 277 Å². The topological polar surface area (TPSA) is 25.2 Å². The summed E-state index contributed by atoms with van der Waals surface area (Å²) in [6, 6.07) is 48.8. The molecule has 0 saturated carbocycles. The van der Waals surface area contributed by atoms with Gasteiger partial charge in [0, 0.05) is 56.3 Å². The van der Waals surface area contributed by atoms with Crippen molar-refractivity contribution >= 4 is 83.9 Å². The lowest BCUT2D eigenvalue weighted by molar-refractivity contribution is -0.660. The van der Waals surface area contributed by atoms with Crippen LogP contribution in [0.3, 0.4) is 0 Å². The summed E-state index contributed by atoms with van der Waals surface area (Å²) in [4.78, 5) is 2.45. The maximum atomic E-state index is 7.21. The first kappa shape index (κ1) is 26.1. The van der Waals surface area contributed by atoms with Gasteiger partial charge in [-0.25, -0.2) is 4.57 Å². The van der Waals surface area contributed by atoms with Crippen LogP contribution in [0.25, 0.3) is 60.7 Å². The van der Waals surface area contributed by atoms with Crippen LogP contribution in [0.4, 0.5) is 17.1 Å². The molecule has 48 heavy (non-hydrogen) atoms. The Morgan fingerprint density at radius 3 is 2.25 bits per heavy atom. The number of hydrogen-bond donors (Lipinski definition) is 0. The van der Waals surface area contributed by atoms with E-state index in [0.717, 1.165) is 44.6 Å². The van der Waals surface area contributed by atoms with Gasteiger partial charge < -0.3 is 13.9 Å². The number of nitrogens with zero attached hydrogens (tertiary/aromatic N) is 3. The summed E-state index contributed by atoms with van der Waals surface area (Å²) >= 11 is 0. The zero-order valence-corrected chi connectivity index (χ0v) is 26.6. The van der Waals surface area contributed by atoms with Crippen LogP contribution in [-0.2, 0) is 7.05 Å². The molecule has 5 heterocycles. The molecular weight excluding hydrogens is 585 g/mol. The van der Waals surface area contributed by atoms with Gasteiger partial charge in [0.1, 0.15) is 12.6 Å². The molecule has 11 rings (SSSR count). The Kier molecular flexibility index (Phi) is 5.03. The molecule has 0 atom stereocenters. The molecule has 0 amide bonds. The highest BCUT2D eigenvalue weighted by atomic mass is 16.3. The minimum atomic E-state index is 0.0532. The van der Waals surface area contributed by atoms with Crippen LogP contribution < -0.4 is 25.9 Å². The minimum Gasteiger partial charge on any atom is -0.453 e. The van der Waals surface area contributed by atoms with Crippen molar-refractivity contribution in [2.45, 2.75) is 6.92 Å². The van der Waals surface area contributed by atoms with Crippen LogP contribution in [0, 0.1) is 6.92 Å². The second kappa shape index (κ2) is 9.27. The van der Waals surface area contributed by atoms with E-state index in [1.807, 2.05) is 0 Å². The molecule has 0 bridgehead atoms. The van der Waals surface area contributed by atoms with E-state index in [9.17, 15) is 0 Å². The van der Waals surface area contributed by atoms with Gasteiger partial charge in [-0.15, -0.1) is 0 Å². The third-order valence-corrected chi connectivity index (χ3v) is 10.8. The van der Waals surface area contributed by atoms with E-state index in [1.54, 1.807) is 0 Å². The zero-order chi connectivity index (χ0) is 31.7. The third-order valence-electron chi connectivity index (χ3n) is 10.8. The zero-order valence-electron chi connectivity index (χ0n) is 26.6. The Bertz CT molecular complexity index is 2830. The highest BCUT2D eigenvalue weighted by Crippen LogP contribution is 2.46. The molecule has 2 aliphatic rings. The fourth-order valence-corrected chi connectivity index (χ4v) is 8.77. The lowest BCUT2D eigenvalue weighted by Crippen LogP contribution is -2.60. The van der Waals surface area contributed by atoms with E-state index in [0.29, 0.717) is 0 Å². The number of para-hydroxylation sites is 3. The Morgan fingerprint density at radius 1 is 0.604 bits per heavy atom. The quantitative estimate of drug-likeness (QED) is 0.145. The molecule has 0 spiro atoms. The lowest BCUT2D eigenvalue weighted by Gasteiger charge is -2.40. The summed E-state index contributed by atoms with van der Waals surface area (Å²) in [5.74, 6) is 0. The highest BCUT2D eigenvalue weighted by molar-refractivity contribution is 7.00. The predicted octanol–water partition coefficient (Wildman–Crippen LogP) is 8.10. The van der Waals surface area contributed by atoms with Gasteiger partial charge in [0.15, 0.2) is 11.8 Å². The highest BCUT2D eigenvalue weighted by Gasteiger charge is 2.43. The summed E-state index contributed by atoms with van der Waals surface area (Å²) < 4.78 is 11.9. The van der Waals surface area contributed by atoms with E-state index in [4.69, 9.17) is 4.42 Å². The third kappa shape index (κ3) is 3.18. The molecule has 0 saturated heterocycles. The summed E-state index contributed by atoms with van der Waals surface area (Å²) in [6.45, 7) is 2.23. The van der Waals surface area contributed by atoms with Gasteiger partial charge in [0.25, 0.3) is 6.71 Å². The fourth-order valence-electron chi connectivity index (χ4n) is 8.77. The van der Waals surface area contributed by atoms with Crippen LogP contribution in [0.5, 0.6) is 0 Å². The Balaban J connectivity index is 1.31. The second-order valence-corrected chi connectivity index (χ2v) is 13.2. The second-order valence-electron chi connectivity index (χ2n) is 13.2. The molecule has 0 aliphatic carbocycles. The number of furan rings is 1. The van der Waals surface area contributed by atoms with Crippen molar-refractivity contribution in [1.82, 2.24) is 4.57 Å². The van der Waals surface area contributed by atoms with E-state index >= 15 is 0 Å². The number of aromatic nitrogens is 2. The maximum absolute atomic E-state index is 7.21. The summed E-state index contributed by atoms with van der Waals surface area (Å²) in [6.07, 6.45) is 2.10.